The Balaban J connectivity index is 1.68. The van der Waals surface area contributed by atoms with Crippen LogP contribution in [0, 0.1) is 27.7 Å². The third kappa shape index (κ3) is 3.02. The molecule has 0 unspecified atom stereocenters. The average molecular weight is 467 g/mol. The van der Waals surface area contributed by atoms with Gasteiger partial charge in [0.1, 0.15) is 4.90 Å². The van der Waals surface area contributed by atoms with Crippen LogP contribution in [0.4, 0.5) is 0 Å². The smallest absolute Gasteiger partial charge is 0.282 e. The van der Waals surface area contributed by atoms with Crippen molar-refractivity contribution >= 4 is 10.1 Å². The molecule has 4 aromatic carbocycles. The van der Waals surface area contributed by atoms with Gasteiger partial charge in [-0.05, 0) is 107 Å². The van der Waals surface area contributed by atoms with E-state index in [1.807, 2.05) is 32.0 Å². The van der Waals surface area contributed by atoms with Crippen LogP contribution in [0.3, 0.4) is 0 Å². The van der Waals surface area contributed by atoms with Crippen LogP contribution in [-0.2, 0) is 23.0 Å². The third-order valence-electron chi connectivity index (χ3n) is 7.43. The van der Waals surface area contributed by atoms with Crippen molar-refractivity contribution < 1.29 is 13.0 Å². The van der Waals surface area contributed by atoms with Crippen LogP contribution in [0.25, 0.3) is 33.4 Å². The lowest BCUT2D eigenvalue weighted by Gasteiger charge is -2.18. The van der Waals surface area contributed by atoms with Crippen LogP contribution in [0.1, 0.15) is 44.5 Å². The molecule has 0 atom stereocenters. The Morgan fingerprint density at radius 1 is 0.647 bits per heavy atom. The van der Waals surface area contributed by atoms with Crippen molar-refractivity contribution in [1.82, 2.24) is 0 Å². The Kier molecular flexibility index (Phi) is 4.48. The summed E-state index contributed by atoms with van der Waals surface area (Å²) in [7, 11) is -4.46. The second-order valence-corrected chi connectivity index (χ2v) is 11.2. The highest BCUT2D eigenvalue weighted by molar-refractivity contribution is 7.86. The molecule has 0 aromatic heterocycles. The highest BCUT2D eigenvalue weighted by Crippen LogP contribution is 2.49. The first-order valence-corrected chi connectivity index (χ1v) is 13.0. The minimum absolute atomic E-state index is 0.0603. The summed E-state index contributed by atoms with van der Waals surface area (Å²) in [6.45, 7) is 8.23. The first kappa shape index (κ1) is 21.3. The highest BCUT2D eigenvalue weighted by atomic mass is 32.2. The van der Waals surface area contributed by atoms with Crippen LogP contribution in [0.2, 0.25) is 0 Å². The van der Waals surface area contributed by atoms with E-state index >= 15 is 0 Å². The molecule has 0 radical (unpaired) electrons. The molecule has 1 N–H and O–H groups in total. The van der Waals surface area contributed by atoms with E-state index in [9.17, 15) is 13.0 Å². The van der Waals surface area contributed by atoms with Crippen molar-refractivity contribution in [1.29, 1.82) is 0 Å². The molecule has 0 heterocycles. The summed E-state index contributed by atoms with van der Waals surface area (Å²) in [6.07, 6.45) is 1.26. The molecule has 4 aromatic rings. The second kappa shape index (κ2) is 7.14. The third-order valence-corrected chi connectivity index (χ3v) is 8.42. The normalized spacial score (nSPS) is 13.4. The molecule has 0 spiro atoms. The van der Waals surface area contributed by atoms with Crippen molar-refractivity contribution in [2.45, 2.75) is 45.4 Å². The van der Waals surface area contributed by atoms with Crippen molar-refractivity contribution in [2.75, 3.05) is 0 Å². The number of fused-ring (bicyclic) bond motifs is 6. The minimum atomic E-state index is -4.46. The molecule has 6 rings (SSSR count). The van der Waals surface area contributed by atoms with Gasteiger partial charge in [0.05, 0.1) is 0 Å². The van der Waals surface area contributed by atoms with Crippen LogP contribution in [0.5, 0.6) is 0 Å². The standard InChI is InChI=1S/C30H26O3S/c1-16-9-18(3)22-15-28-29(26(22)12-16)19(4)13-27(30(28)34(31,32)33)24-11-17(2)10-23-21-8-6-5-7-20(21)14-25(23)24/h5-13H,14-15H2,1-4H3,(H,31,32,33). The predicted octanol–water partition coefficient (Wildman–Crippen LogP) is 6.98. The maximum absolute atomic E-state index is 13.0. The van der Waals surface area contributed by atoms with Crippen molar-refractivity contribution in [2.24, 2.45) is 0 Å². The van der Waals surface area contributed by atoms with Crippen LogP contribution >= 0.6 is 0 Å². The Morgan fingerprint density at radius 3 is 2.03 bits per heavy atom. The van der Waals surface area contributed by atoms with Crippen molar-refractivity contribution in [3.8, 4) is 33.4 Å². The fourth-order valence-corrected chi connectivity index (χ4v) is 7.09. The fraction of sp³-hybridized carbons (Fsp3) is 0.200. The van der Waals surface area contributed by atoms with E-state index < -0.39 is 10.1 Å². The predicted molar refractivity (Wildman–Crippen MR) is 137 cm³/mol. The van der Waals surface area contributed by atoms with Gasteiger partial charge in [-0.1, -0.05) is 54.1 Å². The Bertz CT molecular complexity index is 1660. The zero-order chi connectivity index (χ0) is 23.9. The fourth-order valence-electron chi connectivity index (χ4n) is 6.15. The quantitative estimate of drug-likeness (QED) is 0.280. The maximum Gasteiger partial charge on any atom is 0.295 e. The van der Waals surface area contributed by atoms with Crippen molar-refractivity contribution in [3.63, 3.8) is 0 Å². The molecular weight excluding hydrogens is 440 g/mol. The van der Waals surface area contributed by atoms with Gasteiger partial charge in [-0.3, -0.25) is 4.55 Å². The van der Waals surface area contributed by atoms with E-state index in [4.69, 9.17) is 0 Å². The van der Waals surface area contributed by atoms with Gasteiger partial charge >= 0.3 is 0 Å². The SMILES string of the molecule is Cc1cc(C)c2c(c1)-c1c(C)cc(-c3cc(C)cc4c3Cc3ccccc3-4)c(S(=O)(=O)O)c1C2. The summed E-state index contributed by atoms with van der Waals surface area (Å²) in [5, 5.41) is 0. The zero-order valence-electron chi connectivity index (χ0n) is 19.8. The highest BCUT2D eigenvalue weighted by Gasteiger charge is 2.33. The van der Waals surface area contributed by atoms with E-state index in [0.717, 1.165) is 62.1 Å². The topological polar surface area (TPSA) is 54.4 Å². The number of rotatable bonds is 2. The number of hydrogen-bond acceptors (Lipinski definition) is 2. The van der Waals surface area contributed by atoms with Crippen LogP contribution < -0.4 is 0 Å². The molecule has 2 aliphatic rings. The molecule has 3 nitrogen and oxygen atoms in total. The van der Waals surface area contributed by atoms with Gasteiger partial charge in [-0.25, -0.2) is 0 Å². The summed E-state index contributed by atoms with van der Waals surface area (Å²) in [4.78, 5) is 0.0603. The maximum atomic E-state index is 13.0. The molecule has 170 valence electrons. The Labute approximate surface area is 200 Å². The number of aryl methyl sites for hydroxylation is 4. The molecule has 0 aliphatic heterocycles. The van der Waals surface area contributed by atoms with E-state index in [-0.39, 0.29) is 4.90 Å². The summed E-state index contributed by atoms with van der Waals surface area (Å²) >= 11 is 0. The molecule has 0 saturated carbocycles. The largest absolute Gasteiger partial charge is 0.295 e. The van der Waals surface area contributed by atoms with E-state index in [2.05, 4.69) is 50.2 Å². The van der Waals surface area contributed by atoms with Gasteiger partial charge in [0.15, 0.2) is 0 Å². The lowest BCUT2D eigenvalue weighted by Crippen LogP contribution is -2.07. The average Bonchev–Trinajstić information content (AvgIpc) is 3.31. The summed E-state index contributed by atoms with van der Waals surface area (Å²) in [5.41, 5.74) is 14.5. The second-order valence-electron chi connectivity index (χ2n) is 9.86. The molecule has 2 aliphatic carbocycles. The number of benzene rings is 4. The Morgan fingerprint density at radius 2 is 1.29 bits per heavy atom. The van der Waals surface area contributed by atoms with Crippen LogP contribution in [0.15, 0.2) is 59.5 Å². The van der Waals surface area contributed by atoms with Crippen molar-refractivity contribution in [3.05, 3.63) is 99.1 Å². The van der Waals surface area contributed by atoms with E-state index in [0.29, 0.717) is 17.5 Å². The lowest BCUT2D eigenvalue weighted by atomic mass is 9.89. The molecule has 0 fully saturated rings. The monoisotopic (exact) mass is 466 g/mol. The van der Waals surface area contributed by atoms with Gasteiger partial charge < -0.3 is 0 Å². The number of hydrogen-bond donors (Lipinski definition) is 1. The van der Waals surface area contributed by atoms with E-state index in [1.165, 1.54) is 11.1 Å². The first-order valence-electron chi connectivity index (χ1n) is 11.6. The molecule has 0 amide bonds. The zero-order valence-corrected chi connectivity index (χ0v) is 20.6. The first-order chi connectivity index (χ1) is 16.1. The van der Waals surface area contributed by atoms with Gasteiger partial charge in [-0.2, -0.15) is 8.42 Å². The summed E-state index contributed by atoms with van der Waals surface area (Å²) in [5.74, 6) is 0. The van der Waals surface area contributed by atoms with Gasteiger partial charge in [0, 0.05) is 12.0 Å². The molecule has 0 saturated heterocycles. The molecular formula is C30H26O3S. The Hall–Kier alpha value is -3.21. The van der Waals surface area contributed by atoms with E-state index in [1.54, 1.807) is 0 Å². The summed E-state index contributed by atoms with van der Waals surface area (Å²) in [6, 6.07) is 18.8. The lowest BCUT2D eigenvalue weighted by molar-refractivity contribution is 0.483. The van der Waals surface area contributed by atoms with Gasteiger partial charge in [-0.15, -0.1) is 0 Å². The molecule has 4 heteroatoms. The summed E-state index contributed by atoms with van der Waals surface area (Å²) < 4.78 is 36.5. The van der Waals surface area contributed by atoms with Crippen LogP contribution in [-0.4, -0.2) is 13.0 Å². The van der Waals surface area contributed by atoms with Gasteiger partial charge in [0.2, 0.25) is 0 Å². The minimum Gasteiger partial charge on any atom is -0.282 e. The van der Waals surface area contributed by atoms with Gasteiger partial charge in [0.25, 0.3) is 10.1 Å². The molecule has 0 bridgehead atoms. The molecule has 34 heavy (non-hydrogen) atoms.